The van der Waals surface area contributed by atoms with E-state index in [-0.39, 0.29) is 0 Å². The lowest BCUT2D eigenvalue weighted by molar-refractivity contribution is -0.175. The normalized spacial score (nSPS) is 20.0. The Morgan fingerprint density at radius 2 is 1.33 bits per heavy atom. The van der Waals surface area contributed by atoms with E-state index in [9.17, 15) is 24.9 Å². The zero-order valence-electron chi connectivity index (χ0n) is 10.7. The van der Waals surface area contributed by atoms with Crippen molar-refractivity contribution in [1.29, 1.82) is 0 Å². The van der Waals surface area contributed by atoms with E-state index in [1.807, 2.05) is 0 Å². The number of aliphatic hydroxyl groups is 7. The van der Waals surface area contributed by atoms with E-state index in [4.69, 9.17) is 25.5 Å². The molecule has 0 saturated carbocycles. The number of hydrogen-bond acceptors (Lipinski definition) is 10. The van der Waals surface area contributed by atoms with Gasteiger partial charge < -0.3 is 45.6 Å². The molecule has 0 spiro atoms. The molecule has 0 aliphatic rings. The molecule has 11 heteroatoms. The minimum atomic E-state index is -2.43. The second-order valence-electron chi connectivity index (χ2n) is 4.16. The Balaban J connectivity index is 4.38. The number of carbonyl (C=O) groups excluding carboxylic acids is 1. The molecule has 11 nitrogen and oxygen atoms in total. The molecular weight excluding hydrogens is 296 g/mol. The Labute approximate surface area is 118 Å². The number of esters is 1. The first-order valence-corrected chi connectivity index (χ1v) is 5.72. The summed E-state index contributed by atoms with van der Waals surface area (Å²) in [6.45, 7) is -1.85. The molecule has 0 saturated heterocycles. The van der Waals surface area contributed by atoms with Crippen LogP contribution in [0, 0.1) is 0 Å². The maximum Gasteiger partial charge on any atom is 0.338 e. The van der Waals surface area contributed by atoms with Crippen LogP contribution < -0.4 is 0 Å². The van der Waals surface area contributed by atoms with Gasteiger partial charge in [-0.15, -0.1) is 0 Å². The SMILES string of the molecule is O=C(O)C(O)C(O)C(=O)OC[C@H](O)[C@@H](O)[C@H](O)[C@H](O)CO. The molecule has 8 N–H and O–H groups in total. The molecule has 0 aliphatic heterocycles. The van der Waals surface area contributed by atoms with Crippen LogP contribution in [0.5, 0.6) is 0 Å². The van der Waals surface area contributed by atoms with E-state index in [0.29, 0.717) is 0 Å². The summed E-state index contributed by atoms with van der Waals surface area (Å²) in [6.07, 6.45) is -12.4. The molecule has 0 amide bonds. The van der Waals surface area contributed by atoms with Crippen molar-refractivity contribution in [3.63, 3.8) is 0 Å². The first-order chi connectivity index (χ1) is 9.63. The van der Waals surface area contributed by atoms with Gasteiger partial charge in [0.2, 0.25) is 0 Å². The summed E-state index contributed by atoms with van der Waals surface area (Å²) in [5, 5.41) is 71.8. The molecular formula is C10H18O11. The quantitative estimate of drug-likeness (QED) is 0.189. The Hall–Kier alpha value is -1.34. The number of hydrogen-bond donors (Lipinski definition) is 8. The largest absolute Gasteiger partial charge is 0.479 e. The highest BCUT2D eigenvalue weighted by Gasteiger charge is 2.34. The average molecular weight is 314 g/mol. The number of carboxylic acid groups (broad SMARTS) is 1. The van der Waals surface area contributed by atoms with Crippen molar-refractivity contribution < 1.29 is 55.2 Å². The van der Waals surface area contributed by atoms with E-state index in [1.165, 1.54) is 0 Å². The van der Waals surface area contributed by atoms with Gasteiger partial charge in [-0.3, -0.25) is 0 Å². The first kappa shape index (κ1) is 19.7. The standard InChI is InChI=1S/C10H18O11/c11-1-3(12)5(14)6(15)4(13)2-21-10(20)8(17)7(16)9(18)19/h3-8,11-17H,1-2H2,(H,18,19)/t3-,4+,5-,6-,7?,8?/m1/s1. The minimum Gasteiger partial charge on any atom is -0.479 e. The number of carbonyl (C=O) groups is 2. The lowest BCUT2D eigenvalue weighted by Crippen LogP contribution is -2.48. The van der Waals surface area contributed by atoms with Crippen molar-refractivity contribution in [3.05, 3.63) is 0 Å². The maximum atomic E-state index is 11.1. The van der Waals surface area contributed by atoms with Crippen LogP contribution in [0.2, 0.25) is 0 Å². The topological polar surface area (TPSA) is 205 Å². The lowest BCUT2D eigenvalue weighted by atomic mass is 10.0. The molecule has 6 atom stereocenters. The van der Waals surface area contributed by atoms with Crippen molar-refractivity contribution in [2.75, 3.05) is 13.2 Å². The molecule has 0 rings (SSSR count). The number of aliphatic carboxylic acids is 1. The zero-order chi connectivity index (χ0) is 16.7. The highest BCUT2D eigenvalue weighted by Crippen LogP contribution is 2.06. The third-order valence-corrected chi connectivity index (χ3v) is 2.52. The fraction of sp³-hybridized carbons (Fsp3) is 0.800. The summed E-state index contributed by atoms with van der Waals surface area (Å²) in [5.74, 6) is -3.45. The fourth-order valence-corrected chi connectivity index (χ4v) is 1.18. The summed E-state index contributed by atoms with van der Waals surface area (Å²) < 4.78 is 4.24. The Kier molecular flexibility index (Phi) is 8.27. The molecule has 0 radical (unpaired) electrons. The zero-order valence-corrected chi connectivity index (χ0v) is 10.7. The van der Waals surface area contributed by atoms with Crippen molar-refractivity contribution in [3.8, 4) is 0 Å². The smallest absolute Gasteiger partial charge is 0.338 e. The van der Waals surface area contributed by atoms with Crippen LogP contribution in [0.15, 0.2) is 0 Å². The van der Waals surface area contributed by atoms with E-state index >= 15 is 0 Å². The second kappa shape index (κ2) is 8.84. The summed E-state index contributed by atoms with van der Waals surface area (Å²) in [4.78, 5) is 21.4. The van der Waals surface area contributed by atoms with E-state index < -0.39 is 61.8 Å². The maximum absolute atomic E-state index is 11.1. The highest BCUT2D eigenvalue weighted by atomic mass is 16.6. The van der Waals surface area contributed by atoms with E-state index in [1.54, 1.807) is 0 Å². The van der Waals surface area contributed by atoms with E-state index in [2.05, 4.69) is 4.74 Å². The molecule has 0 fully saturated rings. The van der Waals surface area contributed by atoms with Gasteiger partial charge in [-0.25, -0.2) is 9.59 Å². The summed E-state index contributed by atoms with van der Waals surface area (Å²) in [7, 11) is 0. The van der Waals surface area contributed by atoms with Crippen LogP contribution in [-0.2, 0) is 14.3 Å². The van der Waals surface area contributed by atoms with Gasteiger partial charge in [0.1, 0.15) is 31.0 Å². The van der Waals surface area contributed by atoms with Gasteiger partial charge in [0.05, 0.1) is 6.61 Å². The van der Waals surface area contributed by atoms with Gasteiger partial charge in [0.25, 0.3) is 0 Å². The van der Waals surface area contributed by atoms with Crippen molar-refractivity contribution >= 4 is 11.9 Å². The summed E-state index contributed by atoms with van der Waals surface area (Å²) >= 11 is 0. The van der Waals surface area contributed by atoms with Gasteiger partial charge in [-0.2, -0.15) is 0 Å². The van der Waals surface area contributed by atoms with E-state index in [0.717, 1.165) is 0 Å². The third-order valence-electron chi connectivity index (χ3n) is 2.52. The predicted molar refractivity (Wildman–Crippen MR) is 61.7 cm³/mol. The number of rotatable bonds is 9. The molecule has 0 aromatic rings. The highest BCUT2D eigenvalue weighted by molar-refractivity contribution is 5.84. The van der Waals surface area contributed by atoms with Crippen molar-refractivity contribution in [2.45, 2.75) is 36.6 Å². The Morgan fingerprint density at radius 3 is 1.76 bits per heavy atom. The van der Waals surface area contributed by atoms with Crippen LogP contribution in [0.25, 0.3) is 0 Å². The third kappa shape index (κ3) is 5.89. The average Bonchev–Trinajstić information content (AvgIpc) is 2.47. The van der Waals surface area contributed by atoms with Crippen molar-refractivity contribution in [1.82, 2.24) is 0 Å². The van der Waals surface area contributed by atoms with Crippen molar-refractivity contribution in [2.24, 2.45) is 0 Å². The van der Waals surface area contributed by atoms with Gasteiger partial charge in [-0.1, -0.05) is 0 Å². The van der Waals surface area contributed by atoms with Crippen LogP contribution in [0.1, 0.15) is 0 Å². The van der Waals surface area contributed by atoms with Gasteiger partial charge in [0.15, 0.2) is 12.2 Å². The molecule has 21 heavy (non-hydrogen) atoms. The minimum absolute atomic E-state index is 0.895. The van der Waals surface area contributed by atoms with Crippen LogP contribution in [0.3, 0.4) is 0 Å². The van der Waals surface area contributed by atoms with Crippen LogP contribution >= 0.6 is 0 Å². The molecule has 0 aliphatic carbocycles. The monoisotopic (exact) mass is 314 g/mol. The molecule has 2 unspecified atom stereocenters. The molecule has 0 aromatic heterocycles. The summed E-state index contributed by atoms with van der Waals surface area (Å²) in [5.41, 5.74) is 0. The molecule has 124 valence electrons. The fourth-order valence-electron chi connectivity index (χ4n) is 1.18. The molecule has 0 aromatic carbocycles. The van der Waals surface area contributed by atoms with Gasteiger partial charge >= 0.3 is 11.9 Å². The van der Waals surface area contributed by atoms with Gasteiger partial charge in [-0.05, 0) is 0 Å². The molecule has 0 bridgehead atoms. The summed E-state index contributed by atoms with van der Waals surface area (Å²) in [6, 6.07) is 0. The number of carboxylic acids is 1. The van der Waals surface area contributed by atoms with Crippen LogP contribution in [0.4, 0.5) is 0 Å². The predicted octanol–water partition coefficient (Wildman–Crippen LogP) is -5.23. The Bertz CT molecular complexity index is 346. The Morgan fingerprint density at radius 1 is 0.857 bits per heavy atom. The first-order valence-electron chi connectivity index (χ1n) is 5.72. The lowest BCUT2D eigenvalue weighted by Gasteiger charge is -2.25. The van der Waals surface area contributed by atoms with Crippen LogP contribution in [-0.4, -0.2) is 103 Å². The second-order valence-corrected chi connectivity index (χ2v) is 4.16. The van der Waals surface area contributed by atoms with Gasteiger partial charge in [0, 0.05) is 0 Å². The molecule has 0 heterocycles. The number of aliphatic hydroxyl groups excluding tert-OH is 7. The number of ether oxygens (including phenoxy) is 1.